The van der Waals surface area contributed by atoms with E-state index in [0.29, 0.717) is 10.4 Å². The first-order chi connectivity index (χ1) is 13.0. The van der Waals surface area contributed by atoms with Gasteiger partial charge >= 0.3 is 5.97 Å². The Morgan fingerprint density at radius 2 is 1.89 bits per heavy atom. The minimum Gasteiger partial charge on any atom is -0.478 e. The van der Waals surface area contributed by atoms with Crippen molar-refractivity contribution in [3.05, 3.63) is 81.9 Å². The van der Waals surface area contributed by atoms with Gasteiger partial charge in [-0.3, -0.25) is 4.79 Å². The highest BCUT2D eigenvalue weighted by Crippen LogP contribution is 2.36. The number of fused-ring (bicyclic) bond motifs is 1. The van der Waals surface area contributed by atoms with Crippen molar-refractivity contribution >= 4 is 34.0 Å². The molecular formula is C21H14FNO3S. The normalized spacial score (nSPS) is 11.0. The lowest BCUT2D eigenvalue weighted by molar-refractivity contribution is 0.0697. The van der Waals surface area contributed by atoms with Gasteiger partial charge in [0.25, 0.3) is 0 Å². The number of hydrogen-bond donors (Lipinski definition) is 2. The van der Waals surface area contributed by atoms with E-state index >= 15 is 0 Å². The van der Waals surface area contributed by atoms with Gasteiger partial charge in [-0.05, 0) is 23.6 Å². The molecule has 0 aliphatic rings. The molecule has 0 amide bonds. The standard InChI is InChI=1S/C21H14FNO3S/c22-13-5-3-4-12(8-13)18(24)9-19-20(21(25)26)16(11-27-19)15-10-23-17-7-2-1-6-14(15)17/h1-8,10-11,23H,9H2,(H,25,26). The lowest BCUT2D eigenvalue weighted by Crippen LogP contribution is -2.07. The van der Waals surface area contributed by atoms with Crippen LogP contribution in [-0.2, 0) is 6.42 Å². The van der Waals surface area contributed by atoms with Crippen LogP contribution in [0.15, 0.2) is 60.1 Å². The molecule has 27 heavy (non-hydrogen) atoms. The molecule has 0 radical (unpaired) electrons. The number of aromatic nitrogens is 1. The summed E-state index contributed by atoms with van der Waals surface area (Å²) in [7, 11) is 0. The zero-order valence-electron chi connectivity index (χ0n) is 14.0. The summed E-state index contributed by atoms with van der Waals surface area (Å²) >= 11 is 1.23. The molecule has 0 saturated heterocycles. The van der Waals surface area contributed by atoms with E-state index in [1.54, 1.807) is 11.6 Å². The minimum atomic E-state index is -1.08. The Kier molecular flexibility index (Phi) is 4.33. The van der Waals surface area contributed by atoms with Crippen molar-refractivity contribution in [1.29, 1.82) is 0 Å². The summed E-state index contributed by atoms with van der Waals surface area (Å²) in [6.07, 6.45) is 1.69. The van der Waals surface area contributed by atoms with Crippen molar-refractivity contribution in [3.8, 4) is 11.1 Å². The van der Waals surface area contributed by atoms with Crippen molar-refractivity contribution < 1.29 is 19.1 Å². The summed E-state index contributed by atoms with van der Waals surface area (Å²) < 4.78 is 13.4. The highest BCUT2D eigenvalue weighted by molar-refractivity contribution is 7.11. The number of benzene rings is 2. The Hall–Kier alpha value is -3.25. The summed E-state index contributed by atoms with van der Waals surface area (Å²) in [5.74, 6) is -1.90. The lowest BCUT2D eigenvalue weighted by atomic mass is 9.99. The summed E-state index contributed by atoms with van der Waals surface area (Å²) in [4.78, 5) is 28.0. The number of hydrogen-bond acceptors (Lipinski definition) is 3. The van der Waals surface area contributed by atoms with Gasteiger partial charge in [-0.25, -0.2) is 9.18 Å². The van der Waals surface area contributed by atoms with Gasteiger partial charge in [0.1, 0.15) is 5.82 Å². The Bertz CT molecular complexity index is 1180. The van der Waals surface area contributed by atoms with Crippen molar-refractivity contribution in [2.24, 2.45) is 0 Å². The predicted molar refractivity (Wildman–Crippen MR) is 103 cm³/mol. The number of ketones is 1. The van der Waals surface area contributed by atoms with Crippen LogP contribution in [0.2, 0.25) is 0 Å². The maximum absolute atomic E-state index is 13.4. The second-order valence-corrected chi connectivity index (χ2v) is 7.08. The number of H-pyrrole nitrogens is 1. The summed E-state index contributed by atoms with van der Waals surface area (Å²) in [6, 6.07) is 13.0. The molecule has 0 aliphatic heterocycles. The van der Waals surface area contributed by atoms with E-state index in [1.165, 1.54) is 29.5 Å². The summed E-state index contributed by atoms with van der Waals surface area (Å²) in [5.41, 5.74) is 2.62. The SMILES string of the molecule is O=C(Cc1scc(-c2c[nH]c3ccccc23)c1C(=O)O)c1cccc(F)c1. The number of aromatic amines is 1. The van der Waals surface area contributed by atoms with Gasteiger partial charge in [-0.15, -0.1) is 11.3 Å². The molecule has 0 bridgehead atoms. The summed E-state index contributed by atoms with van der Waals surface area (Å²) in [5, 5.41) is 12.4. The van der Waals surface area contributed by atoms with Crippen LogP contribution in [0.3, 0.4) is 0 Å². The van der Waals surface area contributed by atoms with Crippen LogP contribution in [-0.4, -0.2) is 21.8 Å². The number of carbonyl (C=O) groups is 2. The Labute approximate surface area is 157 Å². The third-order valence-electron chi connectivity index (χ3n) is 4.43. The topological polar surface area (TPSA) is 70.2 Å². The Morgan fingerprint density at radius 3 is 2.67 bits per heavy atom. The number of para-hydroxylation sites is 1. The van der Waals surface area contributed by atoms with Crippen molar-refractivity contribution in [2.45, 2.75) is 6.42 Å². The van der Waals surface area contributed by atoms with Crippen LogP contribution in [0, 0.1) is 5.82 Å². The number of thiophene rings is 1. The average Bonchev–Trinajstić information content (AvgIpc) is 3.25. The number of carboxylic acid groups (broad SMARTS) is 1. The first kappa shape index (κ1) is 17.2. The molecule has 2 N–H and O–H groups in total. The second kappa shape index (κ2) is 6.81. The fraction of sp³-hybridized carbons (Fsp3) is 0.0476. The van der Waals surface area contributed by atoms with E-state index < -0.39 is 11.8 Å². The third kappa shape index (κ3) is 3.15. The molecule has 0 aliphatic carbocycles. The van der Waals surface area contributed by atoms with Gasteiger partial charge in [-0.2, -0.15) is 0 Å². The number of Topliss-reactive ketones (excluding diaryl/α,β-unsaturated/α-hetero) is 1. The lowest BCUT2D eigenvalue weighted by Gasteiger charge is -2.04. The van der Waals surface area contributed by atoms with Crippen LogP contribution in [0.4, 0.5) is 4.39 Å². The van der Waals surface area contributed by atoms with E-state index in [4.69, 9.17) is 0 Å². The highest BCUT2D eigenvalue weighted by Gasteiger charge is 2.23. The first-order valence-corrected chi connectivity index (χ1v) is 9.11. The predicted octanol–water partition coefficient (Wildman–Crippen LogP) is 5.16. The number of halogens is 1. The molecule has 2 heterocycles. The molecule has 6 heteroatoms. The van der Waals surface area contributed by atoms with Gasteiger partial charge in [0.2, 0.25) is 0 Å². The van der Waals surface area contributed by atoms with Gasteiger partial charge < -0.3 is 10.1 Å². The number of rotatable bonds is 5. The average molecular weight is 379 g/mol. The van der Waals surface area contributed by atoms with Gasteiger partial charge in [0.05, 0.1) is 5.56 Å². The first-order valence-electron chi connectivity index (χ1n) is 8.23. The highest BCUT2D eigenvalue weighted by atomic mass is 32.1. The molecule has 0 unspecified atom stereocenters. The molecule has 0 fully saturated rings. The van der Waals surface area contributed by atoms with Gasteiger partial charge in [0.15, 0.2) is 5.78 Å². The maximum Gasteiger partial charge on any atom is 0.337 e. The fourth-order valence-electron chi connectivity index (χ4n) is 3.16. The molecule has 4 aromatic rings. The van der Waals surface area contributed by atoms with E-state index in [2.05, 4.69) is 4.98 Å². The molecule has 4 rings (SSSR count). The second-order valence-electron chi connectivity index (χ2n) is 6.11. The van der Waals surface area contributed by atoms with Crippen LogP contribution in [0.1, 0.15) is 25.6 Å². The zero-order chi connectivity index (χ0) is 19.0. The summed E-state index contributed by atoms with van der Waals surface area (Å²) in [6.45, 7) is 0. The van der Waals surface area contributed by atoms with Crippen LogP contribution < -0.4 is 0 Å². The van der Waals surface area contributed by atoms with Crippen molar-refractivity contribution in [1.82, 2.24) is 4.98 Å². The molecule has 0 saturated carbocycles. The van der Waals surface area contributed by atoms with E-state index in [0.717, 1.165) is 22.5 Å². The van der Waals surface area contributed by atoms with Gasteiger partial charge in [-0.1, -0.05) is 30.3 Å². The number of carbonyl (C=O) groups excluding carboxylic acids is 1. The van der Waals surface area contributed by atoms with Crippen LogP contribution in [0.5, 0.6) is 0 Å². The molecule has 2 aromatic heterocycles. The minimum absolute atomic E-state index is 0.0852. The van der Waals surface area contributed by atoms with Crippen molar-refractivity contribution in [2.75, 3.05) is 0 Å². The largest absolute Gasteiger partial charge is 0.478 e. The van der Waals surface area contributed by atoms with Crippen LogP contribution >= 0.6 is 11.3 Å². The quantitative estimate of drug-likeness (QED) is 0.471. The smallest absolute Gasteiger partial charge is 0.337 e. The van der Waals surface area contributed by atoms with Gasteiger partial charge in [0, 0.05) is 45.1 Å². The maximum atomic E-state index is 13.4. The molecule has 0 atom stereocenters. The van der Waals surface area contributed by atoms with Crippen LogP contribution in [0.25, 0.3) is 22.0 Å². The van der Waals surface area contributed by atoms with E-state index in [-0.39, 0.29) is 23.3 Å². The molecule has 134 valence electrons. The Balaban J connectivity index is 1.75. The van der Waals surface area contributed by atoms with E-state index in [1.807, 2.05) is 24.3 Å². The molecule has 4 nitrogen and oxygen atoms in total. The number of aromatic carboxylic acids is 1. The number of carboxylic acids is 1. The molecule has 2 aromatic carbocycles. The number of nitrogens with one attached hydrogen (secondary N) is 1. The molecule has 0 spiro atoms. The Morgan fingerprint density at radius 1 is 1.07 bits per heavy atom. The van der Waals surface area contributed by atoms with E-state index in [9.17, 15) is 19.1 Å². The zero-order valence-corrected chi connectivity index (χ0v) is 14.8. The fourth-order valence-corrected chi connectivity index (χ4v) is 4.20. The molecular weight excluding hydrogens is 365 g/mol. The third-order valence-corrected chi connectivity index (χ3v) is 5.41. The monoisotopic (exact) mass is 379 g/mol. The van der Waals surface area contributed by atoms with Crippen molar-refractivity contribution in [3.63, 3.8) is 0 Å².